The Bertz CT molecular complexity index is 786. The Morgan fingerprint density at radius 1 is 1.07 bits per heavy atom. The summed E-state index contributed by atoms with van der Waals surface area (Å²) in [7, 11) is 0. The van der Waals surface area contributed by atoms with E-state index in [4.69, 9.17) is 9.94 Å². The number of carbonyl (C=O) groups is 2. The smallest absolute Gasteiger partial charge is 0.274 e. The molecular formula is C22H26N2O4. The molecule has 6 nitrogen and oxygen atoms in total. The van der Waals surface area contributed by atoms with E-state index in [1.165, 1.54) is 6.08 Å². The maximum Gasteiger partial charge on any atom is 0.274 e. The first kappa shape index (κ1) is 21.2. The molecule has 0 saturated heterocycles. The van der Waals surface area contributed by atoms with Gasteiger partial charge in [-0.3, -0.25) is 14.8 Å². The third-order valence-corrected chi connectivity index (χ3v) is 4.00. The van der Waals surface area contributed by atoms with Gasteiger partial charge in [0.05, 0.1) is 6.04 Å². The van der Waals surface area contributed by atoms with E-state index < -0.39 is 5.91 Å². The van der Waals surface area contributed by atoms with Gasteiger partial charge in [-0.15, -0.1) is 0 Å². The molecule has 0 aliphatic rings. The molecule has 0 unspecified atom stereocenters. The van der Waals surface area contributed by atoms with E-state index in [2.05, 4.69) is 19.2 Å². The standard InChI is InChI=1S/C22H26N2O4/c1-16(2)14-19(23-21(25)13-8-17-6-4-3-5-7-17)15-28-20-11-9-18(10-12-20)22(26)24-27/h3-13,16,19,27H,14-15H2,1-2H3,(H,23,25)(H,24,26)/b13-8+/t19-/m1/s1. The molecule has 2 aromatic carbocycles. The number of hydroxylamine groups is 1. The second-order valence-electron chi connectivity index (χ2n) is 6.86. The molecule has 0 saturated carbocycles. The molecule has 0 bridgehead atoms. The fraction of sp³-hybridized carbons (Fsp3) is 0.273. The molecule has 3 N–H and O–H groups in total. The zero-order valence-corrected chi connectivity index (χ0v) is 16.1. The van der Waals surface area contributed by atoms with Crippen LogP contribution in [0.4, 0.5) is 0 Å². The quantitative estimate of drug-likeness (QED) is 0.352. The molecule has 2 aromatic rings. The Balaban J connectivity index is 1.92. The SMILES string of the molecule is CC(C)C[C@H](COc1ccc(C(=O)NO)cc1)NC(=O)/C=C/c1ccccc1. The first-order valence-electron chi connectivity index (χ1n) is 9.19. The van der Waals surface area contributed by atoms with Gasteiger partial charge in [0.1, 0.15) is 12.4 Å². The highest BCUT2D eigenvalue weighted by Gasteiger charge is 2.14. The van der Waals surface area contributed by atoms with Gasteiger partial charge in [-0.25, -0.2) is 5.48 Å². The van der Waals surface area contributed by atoms with Crippen molar-refractivity contribution in [3.63, 3.8) is 0 Å². The third kappa shape index (κ3) is 7.25. The summed E-state index contributed by atoms with van der Waals surface area (Å²) in [6.07, 6.45) is 4.06. The van der Waals surface area contributed by atoms with Crippen molar-refractivity contribution in [3.8, 4) is 5.75 Å². The van der Waals surface area contributed by atoms with E-state index in [-0.39, 0.29) is 11.9 Å². The van der Waals surface area contributed by atoms with E-state index in [0.717, 1.165) is 12.0 Å². The van der Waals surface area contributed by atoms with Gasteiger partial charge >= 0.3 is 0 Å². The number of ether oxygens (including phenoxy) is 1. The van der Waals surface area contributed by atoms with Gasteiger partial charge in [0.2, 0.25) is 5.91 Å². The minimum Gasteiger partial charge on any atom is -0.491 e. The van der Waals surface area contributed by atoms with Gasteiger partial charge < -0.3 is 10.1 Å². The van der Waals surface area contributed by atoms with Crippen LogP contribution in [0.2, 0.25) is 0 Å². The number of carbonyl (C=O) groups excluding carboxylic acids is 2. The van der Waals surface area contributed by atoms with E-state index in [1.54, 1.807) is 35.8 Å². The molecule has 0 aliphatic carbocycles. The number of benzene rings is 2. The molecule has 0 fully saturated rings. The van der Waals surface area contributed by atoms with E-state index in [1.807, 2.05) is 30.3 Å². The lowest BCUT2D eigenvalue weighted by Crippen LogP contribution is -2.39. The van der Waals surface area contributed by atoms with Crippen molar-refractivity contribution in [2.75, 3.05) is 6.61 Å². The van der Waals surface area contributed by atoms with Crippen molar-refractivity contribution in [2.24, 2.45) is 5.92 Å². The predicted octanol–water partition coefficient (Wildman–Crippen LogP) is 3.43. The van der Waals surface area contributed by atoms with Gasteiger partial charge in [-0.05, 0) is 48.2 Å². The van der Waals surface area contributed by atoms with Gasteiger partial charge in [0, 0.05) is 11.6 Å². The summed E-state index contributed by atoms with van der Waals surface area (Å²) in [5, 5.41) is 11.6. The maximum absolute atomic E-state index is 12.3. The van der Waals surface area contributed by atoms with Gasteiger partial charge in [-0.2, -0.15) is 0 Å². The van der Waals surface area contributed by atoms with Gasteiger partial charge in [0.25, 0.3) is 5.91 Å². The number of hydrogen-bond acceptors (Lipinski definition) is 4. The monoisotopic (exact) mass is 382 g/mol. The molecule has 0 radical (unpaired) electrons. The Kier molecular flexibility index (Phi) is 8.24. The predicted molar refractivity (Wildman–Crippen MR) is 108 cm³/mol. The molecule has 6 heteroatoms. The summed E-state index contributed by atoms with van der Waals surface area (Å²) in [6, 6.07) is 15.9. The van der Waals surface area contributed by atoms with E-state index in [9.17, 15) is 9.59 Å². The molecule has 0 heterocycles. The highest BCUT2D eigenvalue weighted by Crippen LogP contribution is 2.14. The lowest BCUT2D eigenvalue weighted by atomic mass is 10.0. The fourth-order valence-electron chi connectivity index (χ4n) is 2.69. The lowest BCUT2D eigenvalue weighted by Gasteiger charge is -2.20. The molecule has 0 aliphatic heterocycles. The van der Waals surface area contributed by atoms with Gasteiger partial charge in [-0.1, -0.05) is 44.2 Å². The van der Waals surface area contributed by atoms with Crippen molar-refractivity contribution in [1.29, 1.82) is 0 Å². The summed E-state index contributed by atoms with van der Waals surface area (Å²) in [5.41, 5.74) is 2.87. The summed E-state index contributed by atoms with van der Waals surface area (Å²) >= 11 is 0. The first-order chi connectivity index (χ1) is 13.5. The van der Waals surface area contributed by atoms with Crippen LogP contribution in [-0.4, -0.2) is 29.7 Å². The van der Waals surface area contributed by atoms with Crippen molar-refractivity contribution in [3.05, 3.63) is 71.8 Å². The fourth-order valence-corrected chi connectivity index (χ4v) is 2.69. The zero-order valence-electron chi connectivity index (χ0n) is 16.1. The Morgan fingerprint density at radius 2 is 1.75 bits per heavy atom. The Morgan fingerprint density at radius 3 is 2.36 bits per heavy atom. The van der Waals surface area contributed by atoms with Crippen LogP contribution in [0.5, 0.6) is 5.75 Å². The topological polar surface area (TPSA) is 87.7 Å². The van der Waals surface area contributed by atoms with Crippen LogP contribution in [-0.2, 0) is 4.79 Å². The van der Waals surface area contributed by atoms with Crippen LogP contribution >= 0.6 is 0 Å². The summed E-state index contributed by atoms with van der Waals surface area (Å²) < 4.78 is 5.77. The zero-order chi connectivity index (χ0) is 20.4. The van der Waals surface area contributed by atoms with Crippen LogP contribution < -0.4 is 15.5 Å². The van der Waals surface area contributed by atoms with Crippen LogP contribution in [0.3, 0.4) is 0 Å². The van der Waals surface area contributed by atoms with E-state index >= 15 is 0 Å². The number of nitrogens with one attached hydrogen (secondary N) is 2. The molecular weight excluding hydrogens is 356 g/mol. The summed E-state index contributed by atoms with van der Waals surface area (Å²) in [5.74, 6) is 0.217. The van der Waals surface area contributed by atoms with Crippen LogP contribution in [0.1, 0.15) is 36.2 Å². The van der Waals surface area contributed by atoms with Gasteiger partial charge in [0.15, 0.2) is 0 Å². The largest absolute Gasteiger partial charge is 0.491 e. The first-order valence-corrected chi connectivity index (χ1v) is 9.19. The van der Waals surface area contributed by atoms with E-state index in [0.29, 0.717) is 23.8 Å². The minimum absolute atomic E-state index is 0.145. The summed E-state index contributed by atoms with van der Waals surface area (Å²) in [6.45, 7) is 4.48. The van der Waals surface area contributed by atoms with Crippen molar-refractivity contribution in [1.82, 2.24) is 10.8 Å². The third-order valence-electron chi connectivity index (χ3n) is 4.00. The van der Waals surface area contributed by atoms with Crippen LogP contribution in [0.25, 0.3) is 6.08 Å². The molecule has 2 amide bonds. The highest BCUT2D eigenvalue weighted by molar-refractivity contribution is 5.93. The number of rotatable bonds is 9. The van der Waals surface area contributed by atoms with Crippen molar-refractivity contribution < 1.29 is 19.5 Å². The minimum atomic E-state index is -0.582. The second kappa shape index (κ2) is 10.9. The second-order valence-corrected chi connectivity index (χ2v) is 6.86. The molecule has 0 aromatic heterocycles. The average molecular weight is 382 g/mol. The summed E-state index contributed by atoms with van der Waals surface area (Å²) in [4.78, 5) is 23.6. The molecule has 0 spiro atoms. The average Bonchev–Trinajstić information content (AvgIpc) is 2.70. The normalized spacial score (nSPS) is 12.0. The highest BCUT2D eigenvalue weighted by atomic mass is 16.5. The van der Waals surface area contributed by atoms with Crippen LogP contribution in [0, 0.1) is 5.92 Å². The number of amides is 2. The molecule has 28 heavy (non-hydrogen) atoms. The maximum atomic E-state index is 12.3. The Labute approximate surface area is 165 Å². The molecule has 2 rings (SSSR count). The van der Waals surface area contributed by atoms with Crippen LogP contribution in [0.15, 0.2) is 60.7 Å². The van der Waals surface area contributed by atoms with Crippen molar-refractivity contribution >= 4 is 17.9 Å². The molecule has 148 valence electrons. The Hall–Kier alpha value is -3.12. The van der Waals surface area contributed by atoms with Crippen molar-refractivity contribution in [2.45, 2.75) is 26.3 Å². The number of hydrogen-bond donors (Lipinski definition) is 3. The lowest BCUT2D eigenvalue weighted by molar-refractivity contribution is -0.117. The molecule has 1 atom stereocenters.